The van der Waals surface area contributed by atoms with E-state index < -0.39 is 5.91 Å². The molecular formula is C24H29N5O3. The fourth-order valence-corrected chi connectivity index (χ4v) is 3.43. The average Bonchev–Trinajstić information content (AvgIpc) is 3.00. The van der Waals surface area contributed by atoms with E-state index in [2.05, 4.69) is 36.2 Å². The van der Waals surface area contributed by atoms with Crippen molar-refractivity contribution >= 4 is 17.5 Å². The Morgan fingerprint density at radius 3 is 2.62 bits per heavy atom. The topological polar surface area (TPSA) is 112 Å². The van der Waals surface area contributed by atoms with Crippen LogP contribution < -0.4 is 15.8 Å². The molecule has 1 aromatic carbocycles. The molecule has 3 N–H and O–H groups in total. The van der Waals surface area contributed by atoms with Crippen molar-refractivity contribution in [2.75, 3.05) is 5.32 Å². The van der Waals surface area contributed by atoms with E-state index >= 15 is 0 Å². The summed E-state index contributed by atoms with van der Waals surface area (Å²) in [5, 5.41) is 7.47. The molecule has 2 heterocycles. The summed E-state index contributed by atoms with van der Waals surface area (Å²) in [6.45, 7) is 9.22. The fourth-order valence-electron chi connectivity index (χ4n) is 3.43. The number of rotatable bonds is 9. The van der Waals surface area contributed by atoms with Crippen LogP contribution in [0.1, 0.15) is 47.6 Å². The second-order valence-electron chi connectivity index (χ2n) is 8.15. The molecule has 3 aromatic rings. The smallest absolute Gasteiger partial charge is 0.248 e. The van der Waals surface area contributed by atoms with Crippen molar-refractivity contribution in [3.63, 3.8) is 0 Å². The molecule has 32 heavy (non-hydrogen) atoms. The number of carbonyl (C=O) groups is 2. The molecule has 0 aliphatic carbocycles. The first-order chi connectivity index (χ1) is 15.2. The van der Waals surface area contributed by atoms with Crippen LogP contribution in [0.3, 0.4) is 0 Å². The van der Waals surface area contributed by atoms with Gasteiger partial charge in [0.2, 0.25) is 17.7 Å². The van der Waals surface area contributed by atoms with Crippen LogP contribution in [-0.4, -0.2) is 26.6 Å². The van der Waals surface area contributed by atoms with Crippen molar-refractivity contribution in [1.82, 2.24) is 14.8 Å². The number of primary amides is 1. The molecule has 0 atom stereocenters. The second kappa shape index (κ2) is 10.1. The lowest BCUT2D eigenvalue weighted by Crippen LogP contribution is -2.13. The minimum Gasteiger partial charge on any atom is -0.439 e. The Kier molecular flexibility index (Phi) is 7.25. The Labute approximate surface area is 187 Å². The van der Waals surface area contributed by atoms with Gasteiger partial charge >= 0.3 is 0 Å². The Bertz CT molecular complexity index is 1100. The van der Waals surface area contributed by atoms with E-state index in [0.29, 0.717) is 41.6 Å². The molecule has 0 saturated heterocycles. The maximum absolute atomic E-state index is 12.4. The number of carbonyl (C=O) groups excluding carboxylic acids is 2. The molecule has 3 rings (SSSR count). The summed E-state index contributed by atoms with van der Waals surface area (Å²) in [6.07, 6.45) is 2.52. The molecule has 2 aromatic heterocycles. The third-order valence-electron chi connectivity index (χ3n) is 5.03. The van der Waals surface area contributed by atoms with E-state index in [0.717, 1.165) is 23.5 Å². The number of pyridine rings is 1. The van der Waals surface area contributed by atoms with Crippen LogP contribution in [0, 0.1) is 19.8 Å². The Morgan fingerprint density at radius 1 is 1.19 bits per heavy atom. The van der Waals surface area contributed by atoms with Gasteiger partial charge in [0.1, 0.15) is 5.75 Å². The Balaban J connectivity index is 1.56. The van der Waals surface area contributed by atoms with Crippen molar-refractivity contribution in [2.45, 2.75) is 47.1 Å². The first-order valence-corrected chi connectivity index (χ1v) is 10.6. The minimum atomic E-state index is -0.529. The largest absolute Gasteiger partial charge is 0.439 e. The third-order valence-corrected chi connectivity index (χ3v) is 5.03. The summed E-state index contributed by atoms with van der Waals surface area (Å²) in [5.74, 6) is 0.683. The van der Waals surface area contributed by atoms with Gasteiger partial charge < -0.3 is 15.8 Å². The Hall–Kier alpha value is -3.68. The van der Waals surface area contributed by atoms with Gasteiger partial charge in [-0.3, -0.25) is 14.3 Å². The molecular weight excluding hydrogens is 406 g/mol. The number of ether oxygens (including phenoxy) is 1. The highest BCUT2D eigenvalue weighted by atomic mass is 16.5. The van der Waals surface area contributed by atoms with E-state index in [1.54, 1.807) is 36.4 Å². The molecule has 0 radical (unpaired) electrons. The van der Waals surface area contributed by atoms with E-state index in [1.807, 2.05) is 11.6 Å². The summed E-state index contributed by atoms with van der Waals surface area (Å²) in [7, 11) is 0. The summed E-state index contributed by atoms with van der Waals surface area (Å²) < 4.78 is 7.67. The maximum atomic E-state index is 12.4. The SMILES string of the molecule is Cc1nn(CC(C)C)c(C)c1CCC(=O)Nc1ccc(Oc2cccc(C(N)=O)c2)nc1. The average molecular weight is 436 g/mol. The summed E-state index contributed by atoms with van der Waals surface area (Å²) >= 11 is 0. The summed E-state index contributed by atoms with van der Waals surface area (Å²) in [6, 6.07) is 9.91. The number of hydrogen-bond acceptors (Lipinski definition) is 5. The van der Waals surface area contributed by atoms with Crippen LogP contribution >= 0.6 is 0 Å². The highest BCUT2D eigenvalue weighted by Gasteiger charge is 2.14. The fraction of sp³-hybridized carbons (Fsp3) is 0.333. The molecule has 8 nitrogen and oxygen atoms in total. The van der Waals surface area contributed by atoms with E-state index in [-0.39, 0.29) is 5.91 Å². The number of amides is 2. The molecule has 0 saturated carbocycles. The lowest BCUT2D eigenvalue weighted by Gasteiger charge is -2.09. The molecule has 0 spiro atoms. The van der Waals surface area contributed by atoms with E-state index in [9.17, 15) is 9.59 Å². The van der Waals surface area contributed by atoms with E-state index in [4.69, 9.17) is 10.5 Å². The van der Waals surface area contributed by atoms with Crippen LogP contribution in [0.5, 0.6) is 11.6 Å². The number of nitrogens with one attached hydrogen (secondary N) is 1. The molecule has 0 aliphatic rings. The van der Waals surface area contributed by atoms with Gasteiger partial charge in [-0.2, -0.15) is 5.10 Å². The molecule has 168 valence electrons. The quantitative estimate of drug-likeness (QED) is 0.527. The van der Waals surface area contributed by atoms with Gasteiger partial charge in [0.25, 0.3) is 0 Å². The third kappa shape index (κ3) is 5.94. The number of anilines is 1. The normalized spacial score (nSPS) is 10.9. The van der Waals surface area contributed by atoms with Gasteiger partial charge in [-0.1, -0.05) is 19.9 Å². The van der Waals surface area contributed by atoms with Crippen molar-refractivity contribution in [2.24, 2.45) is 11.7 Å². The first-order valence-electron chi connectivity index (χ1n) is 10.6. The predicted octanol–water partition coefficient (Wildman–Crippen LogP) is 4.01. The molecule has 8 heteroatoms. The second-order valence-corrected chi connectivity index (χ2v) is 8.15. The van der Waals surface area contributed by atoms with Gasteiger partial charge in [-0.05, 0) is 56.0 Å². The van der Waals surface area contributed by atoms with Crippen LogP contribution in [0.15, 0.2) is 42.6 Å². The van der Waals surface area contributed by atoms with E-state index in [1.165, 1.54) is 6.20 Å². The van der Waals surface area contributed by atoms with Gasteiger partial charge in [0, 0.05) is 30.3 Å². The number of benzene rings is 1. The molecule has 0 bridgehead atoms. The molecule has 0 fully saturated rings. The van der Waals surface area contributed by atoms with Crippen molar-refractivity contribution in [3.8, 4) is 11.6 Å². The van der Waals surface area contributed by atoms with Gasteiger partial charge in [-0.15, -0.1) is 0 Å². The van der Waals surface area contributed by atoms with Crippen LogP contribution in [0.25, 0.3) is 0 Å². The zero-order chi connectivity index (χ0) is 23.3. The lowest BCUT2D eigenvalue weighted by atomic mass is 10.1. The number of aromatic nitrogens is 3. The van der Waals surface area contributed by atoms with Gasteiger partial charge in [0.15, 0.2) is 0 Å². The highest BCUT2D eigenvalue weighted by Crippen LogP contribution is 2.22. The molecule has 0 unspecified atom stereocenters. The lowest BCUT2D eigenvalue weighted by molar-refractivity contribution is -0.116. The predicted molar refractivity (Wildman–Crippen MR) is 123 cm³/mol. The minimum absolute atomic E-state index is 0.0926. The van der Waals surface area contributed by atoms with Crippen LogP contribution in [0.4, 0.5) is 5.69 Å². The van der Waals surface area contributed by atoms with Crippen molar-refractivity contribution < 1.29 is 14.3 Å². The standard InChI is InChI=1S/C24H29N5O3/c1-15(2)14-29-17(4)21(16(3)28-29)9-10-22(30)27-19-8-11-23(26-13-19)32-20-7-5-6-18(12-20)24(25)31/h5-8,11-13,15H,9-10,14H2,1-4H3,(H2,25,31)(H,27,30). The monoisotopic (exact) mass is 435 g/mol. The summed E-state index contributed by atoms with van der Waals surface area (Å²) in [5.41, 5.74) is 9.44. The number of hydrogen-bond donors (Lipinski definition) is 2. The molecule has 2 amide bonds. The van der Waals surface area contributed by atoms with Crippen LogP contribution in [0.2, 0.25) is 0 Å². The first kappa shape index (κ1) is 23.0. The highest BCUT2D eigenvalue weighted by molar-refractivity contribution is 5.93. The number of nitrogens with zero attached hydrogens (tertiary/aromatic N) is 3. The number of aryl methyl sites for hydroxylation is 1. The maximum Gasteiger partial charge on any atom is 0.248 e. The van der Waals surface area contributed by atoms with Crippen molar-refractivity contribution in [1.29, 1.82) is 0 Å². The van der Waals surface area contributed by atoms with Crippen molar-refractivity contribution in [3.05, 3.63) is 65.1 Å². The van der Waals surface area contributed by atoms with Crippen LogP contribution in [-0.2, 0) is 17.8 Å². The zero-order valence-corrected chi connectivity index (χ0v) is 18.9. The van der Waals surface area contributed by atoms with Gasteiger partial charge in [-0.25, -0.2) is 4.98 Å². The summed E-state index contributed by atoms with van der Waals surface area (Å²) in [4.78, 5) is 27.9. The zero-order valence-electron chi connectivity index (χ0n) is 18.9. The Morgan fingerprint density at radius 2 is 1.97 bits per heavy atom. The van der Waals surface area contributed by atoms with Gasteiger partial charge in [0.05, 0.1) is 17.6 Å². The molecule has 0 aliphatic heterocycles. The number of nitrogens with two attached hydrogens (primary N) is 1.